The van der Waals surface area contributed by atoms with Crippen molar-refractivity contribution in [1.29, 1.82) is 0 Å². The number of likely N-dealkylation sites (tertiary alicyclic amines) is 1. The third-order valence-corrected chi connectivity index (χ3v) is 3.61. The van der Waals surface area contributed by atoms with Gasteiger partial charge >= 0.3 is 12.0 Å². The summed E-state index contributed by atoms with van der Waals surface area (Å²) in [5, 5.41) is 11.7. The zero-order valence-corrected chi connectivity index (χ0v) is 11.6. The average Bonchev–Trinajstić information content (AvgIpc) is 2.24. The van der Waals surface area contributed by atoms with Crippen molar-refractivity contribution in [3.05, 3.63) is 0 Å². The normalized spacial score (nSPS) is 25.9. The molecule has 1 aliphatic heterocycles. The highest BCUT2D eigenvalue weighted by atomic mass is 16.4. The molecule has 2 unspecified atom stereocenters. The molecule has 1 heterocycles. The lowest BCUT2D eigenvalue weighted by molar-refractivity contribution is -0.140. The molecule has 5 heteroatoms. The van der Waals surface area contributed by atoms with Crippen molar-refractivity contribution < 1.29 is 14.7 Å². The summed E-state index contributed by atoms with van der Waals surface area (Å²) < 4.78 is 0. The van der Waals surface area contributed by atoms with Crippen LogP contribution in [0.4, 0.5) is 4.79 Å². The minimum absolute atomic E-state index is 0.120. The van der Waals surface area contributed by atoms with Crippen molar-refractivity contribution in [2.24, 2.45) is 11.8 Å². The minimum Gasteiger partial charge on any atom is -0.480 e. The topological polar surface area (TPSA) is 69.6 Å². The molecule has 1 rings (SSSR count). The molecule has 0 aliphatic carbocycles. The van der Waals surface area contributed by atoms with Gasteiger partial charge < -0.3 is 15.3 Å². The van der Waals surface area contributed by atoms with Gasteiger partial charge in [-0.2, -0.15) is 0 Å². The van der Waals surface area contributed by atoms with Crippen LogP contribution in [0.15, 0.2) is 0 Å². The summed E-state index contributed by atoms with van der Waals surface area (Å²) in [6.07, 6.45) is 1.96. The molecule has 3 atom stereocenters. The predicted octanol–water partition coefficient (Wildman–Crippen LogP) is 1.93. The Balaban J connectivity index is 2.61. The summed E-state index contributed by atoms with van der Waals surface area (Å²) in [6, 6.07) is -0.894. The zero-order chi connectivity index (χ0) is 13.9. The number of hydrogen-bond donors (Lipinski definition) is 2. The van der Waals surface area contributed by atoms with Crippen LogP contribution < -0.4 is 5.32 Å². The number of rotatable bonds is 3. The van der Waals surface area contributed by atoms with Crippen molar-refractivity contribution in [3.63, 3.8) is 0 Å². The van der Waals surface area contributed by atoms with Crippen LogP contribution in [0.2, 0.25) is 0 Å². The molecule has 18 heavy (non-hydrogen) atoms. The van der Waals surface area contributed by atoms with E-state index in [1.165, 1.54) is 0 Å². The molecule has 0 saturated carbocycles. The van der Waals surface area contributed by atoms with E-state index in [-0.39, 0.29) is 18.0 Å². The minimum atomic E-state index is -0.976. The first kappa shape index (κ1) is 14.8. The predicted molar refractivity (Wildman–Crippen MR) is 69.4 cm³/mol. The Bertz CT molecular complexity index is 317. The molecule has 1 fully saturated rings. The van der Waals surface area contributed by atoms with Crippen LogP contribution in [-0.2, 0) is 4.79 Å². The molecular weight excluding hydrogens is 232 g/mol. The van der Waals surface area contributed by atoms with Crippen LogP contribution in [0.3, 0.4) is 0 Å². The van der Waals surface area contributed by atoms with Crippen LogP contribution in [0, 0.1) is 11.8 Å². The Morgan fingerprint density at radius 2 is 1.94 bits per heavy atom. The summed E-state index contributed by atoms with van der Waals surface area (Å²) in [5.74, 6) is -0.466. The van der Waals surface area contributed by atoms with Crippen LogP contribution in [0.5, 0.6) is 0 Å². The van der Waals surface area contributed by atoms with Gasteiger partial charge in [0, 0.05) is 12.6 Å². The Kier molecular flexibility index (Phi) is 4.99. The summed E-state index contributed by atoms with van der Waals surface area (Å²) in [5.41, 5.74) is 0. The summed E-state index contributed by atoms with van der Waals surface area (Å²) >= 11 is 0. The fourth-order valence-corrected chi connectivity index (χ4v) is 2.44. The highest BCUT2D eigenvalue weighted by Gasteiger charge is 2.30. The lowest BCUT2D eigenvalue weighted by Crippen LogP contribution is -2.54. The molecule has 2 N–H and O–H groups in total. The first-order valence-corrected chi connectivity index (χ1v) is 6.62. The zero-order valence-electron chi connectivity index (χ0n) is 11.6. The summed E-state index contributed by atoms with van der Waals surface area (Å²) in [4.78, 5) is 24.9. The molecular formula is C13H24N2O3. The number of carboxylic acids is 1. The first-order chi connectivity index (χ1) is 8.32. The van der Waals surface area contributed by atoms with E-state index in [4.69, 9.17) is 5.11 Å². The van der Waals surface area contributed by atoms with Gasteiger partial charge in [-0.1, -0.05) is 20.8 Å². The first-order valence-electron chi connectivity index (χ1n) is 6.62. The van der Waals surface area contributed by atoms with Crippen LogP contribution in [0.1, 0.15) is 40.5 Å². The second-order valence-electron chi connectivity index (χ2n) is 5.68. The van der Waals surface area contributed by atoms with Gasteiger partial charge in [-0.15, -0.1) is 0 Å². The Labute approximate surface area is 109 Å². The Morgan fingerprint density at radius 3 is 2.39 bits per heavy atom. The van der Waals surface area contributed by atoms with Gasteiger partial charge in [0.2, 0.25) is 0 Å². The molecule has 1 aliphatic rings. The Morgan fingerprint density at radius 1 is 1.33 bits per heavy atom. The van der Waals surface area contributed by atoms with Crippen molar-refractivity contribution in [2.45, 2.75) is 52.6 Å². The van der Waals surface area contributed by atoms with Crippen molar-refractivity contribution in [2.75, 3.05) is 6.54 Å². The second kappa shape index (κ2) is 6.07. The smallest absolute Gasteiger partial charge is 0.326 e. The van der Waals surface area contributed by atoms with E-state index in [1.807, 2.05) is 6.92 Å². The molecule has 0 aromatic heterocycles. The standard InChI is InChI=1S/C13H24N2O3/c1-8(2)11(12(16)17)14-13(18)15-6-5-9(3)7-10(15)4/h8-11H,5-7H2,1-4H3,(H,14,18)(H,16,17)/t9?,10?,11-/m0/s1. The molecule has 0 spiro atoms. The van der Waals surface area contributed by atoms with Gasteiger partial charge in [0.05, 0.1) is 0 Å². The Hall–Kier alpha value is -1.26. The molecule has 104 valence electrons. The summed E-state index contributed by atoms with van der Waals surface area (Å²) in [7, 11) is 0. The van der Waals surface area contributed by atoms with Gasteiger partial charge in [0.15, 0.2) is 0 Å². The molecule has 2 amide bonds. The number of nitrogens with zero attached hydrogens (tertiary/aromatic N) is 1. The van der Waals surface area contributed by atoms with Gasteiger partial charge in [-0.25, -0.2) is 9.59 Å². The van der Waals surface area contributed by atoms with Crippen LogP contribution >= 0.6 is 0 Å². The van der Waals surface area contributed by atoms with E-state index < -0.39 is 12.0 Å². The van der Waals surface area contributed by atoms with Crippen molar-refractivity contribution in [3.8, 4) is 0 Å². The molecule has 0 bridgehead atoms. The molecule has 0 aromatic carbocycles. The number of nitrogens with one attached hydrogen (secondary N) is 1. The van der Waals surface area contributed by atoms with E-state index in [0.717, 1.165) is 12.8 Å². The monoisotopic (exact) mass is 256 g/mol. The fraction of sp³-hybridized carbons (Fsp3) is 0.846. The quantitative estimate of drug-likeness (QED) is 0.810. The number of amides is 2. The third-order valence-electron chi connectivity index (χ3n) is 3.61. The highest BCUT2D eigenvalue weighted by Crippen LogP contribution is 2.22. The maximum absolute atomic E-state index is 12.1. The lowest BCUT2D eigenvalue weighted by atomic mass is 9.93. The summed E-state index contributed by atoms with van der Waals surface area (Å²) in [6.45, 7) is 8.49. The maximum Gasteiger partial charge on any atom is 0.326 e. The number of carbonyl (C=O) groups is 2. The van der Waals surface area contributed by atoms with E-state index in [1.54, 1.807) is 18.7 Å². The number of aliphatic carboxylic acids is 1. The van der Waals surface area contributed by atoms with Crippen molar-refractivity contribution >= 4 is 12.0 Å². The number of piperidine rings is 1. The van der Waals surface area contributed by atoms with E-state index in [0.29, 0.717) is 12.5 Å². The third kappa shape index (κ3) is 3.62. The van der Waals surface area contributed by atoms with Gasteiger partial charge in [-0.05, 0) is 31.6 Å². The van der Waals surface area contributed by atoms with Crippen LogP contribution in [0.25, 0.3) is 0 Å². The van der Waals surface area contributed by atoms with Gasteiger partial charge in [0.25, 0.3) is 0 Å². The highest BCUT2D eigenvalue weighted by molar-refractivity contribution is 5.83. The molecule has 5 nitrogen and oxygen atoms in total. The van der Waals surface area contributed by atoms with E-state index in [2.05, 4.69) is 12.2 Å². The number of carbonyl (C=O) groups excluding carboxylic acids is 1. The fourth-order valence-electron chi connectivity index (χ4n) is 2.44. The van der Waals surface area contributed by atoms with Gasteiger partial charge in [-0.3, -0.25) is 0 Å². The van der Waals surface area contributed by atoms with E-state index in [9.17, 15) is 9.59 Å². The number of carboxylic acid groups (broad SMARTS) is 1. The van der Waals surface area contributed by atoms with Gasteiger partial charge in [0.1, 0.15) is 6.04 Å². The molecule has 0 radical (unpaired) electrons. The largest absolute Gasteiger partial charge is 0.480 e. The number of hydrogen-bond acceptors (Lipinski definition) is 2. The van der Waals surface area contributed by atoms with Crippen molar-refractivity contribution in [1.82, 2.24) is 10.2 Å². The van der Waals surface area contributed by atoms with Crippen LogP contribution in [-0.4, -0.2) is 40.6 Å². The SMILES string of the molecule is CC1CCN(C(=O)N[C@H](C(=O)O)C(C)C)C(C)C1. The average molecular weight is 256 g/mol. The second-order valence-corrected chi connectivity index (χ2v) is 5.68. The van der Waals surface area contributed by atoms with E-state index >= 15 is 0 Å². The maximum atomic E-state index is 12.1. The lowest BCUT2D eigenvalue weighted by Gasteiger charge is -2.37. The molecule has 0 aromatic rings. The number of urea groups is 1. The molecule has 1 saturated heterocycles.